The Bertz CT molecular complexity index is 1150. The molecule has 7 heteroatoms. The Balaban J connectivity index is 1.58. The van der Waals surface area contributed by atoms with Crippen LogP contribution in [0.2, 0.25) is 0 Å². The monoisotopic (exact) mass is 405 g/mol. The highest BCUT2D eigenvalue weighted by Gasteiger charge is 2.26. The first-order chi connectivity index (χ1) is 14.1. The number of rotatable bonds is 4. The number of fused-ring (bicyclic) bond motifs is 2. The molecule has 1 aliphatic rings. The molecule has 0 bridgehead atoms. The van der Waals surface area contributed by atoms with Gasteiger partial charge in [-0.05, 0) is 48.3 Å². The first-order valence-corrected chi connectivity index (χ1v) is 10.3. The quantitative estimate of drug-likeness (QED) is 0.660. The summed E-state index contributed by atoms with van der Waals surface area (Å²) >= 11 is 1.25. The van der Waals surface area contributed by atoms with Crippen LogP contribution in [0.25, 0.3) is 10.9 Å². The number of nitrogens with zero attached hydrogens (tertiary/aromatic N) is 2. The highest BCUT2D eigenvalue weighted by molar-refractivity contribution is 7.14. The summed E-state index contributed by atoms with van der Waals surface area (Å²) in [5.41, 5.74) is 3.53. The highest BCUT2D eigenvalue weighted by Crippen LogP contribution is 2.32. The smallest absolute Gasteiger partial charge is 0.339 e. The molecule has 2 heterocycles. The number of esters is 1. The van der Waals surface area contributed by atoms with Gasteiger partial charge in [0.15, 0.2) is 6.61 Å². The molecular weight excluding hydrogens is 386 g/mol. The van der Waals surface area contributed by atoms with Crippen molar-refractivity contribution in [3.8, 4) is 6.07 Å². The number of hydrogen-bond acceptors (Lipinski definition) is 6. The van der Waals surface area contributed by atoms with E-state index in [1.807, 2.05) is 30.3 Å². The zero-order chi connectivity index (χ0) is 20.4. The lowest BCUT2D eigenvalue weighted by molar-refractivity contribution is -0.119. The average molecular weight is 405 g/mol. The van der Waals surface area contributed by atoms with E-state index < -0.39 is 18.5 Å². The molecule has 0 fully saturated rings. The minimum atomic E-state index is -0.518. The first kappa shape index (κ1) is 19.1. The summed E-state index contributed by atoms with van der Waals surface area (Å²) in [4.78, 5) is 29.9. The summed E-state index contributed by atoms with van der Waals surface area (Å²) in [6, 6.07) is 11.1. The molecule has 0 radical (unpaired) electrons. The van der Waals surface area contributed by atoms with Gasteiger partial charge in [0.2, 0.25) is 0 Å². The standard InChI is InChI=1S/C22H19N3O3S/c1-13-6-7-18-16(10-13)20(15-4-2-3-5-17(15)24-18)22(27)28-12-19(26)25-21-14(11-23)8-9-29-21/h2-5,8-9,13H,6-7,10,12H2,1H3,(H,25,26). The number of para-hydroxylation sites is 1. The third kappa shape index (κ3) is 3.84. The van der Waals surface area contributed by atoms with Crippen molar-refractivity contribution in [2.45, 2.75) is 26.2 Å². The van der Waals surface area contributed by atoms with Gasteiger partial charge in [0.1, 0.15) is 11.1 Å². The van der Waals surface area contributed by atoms with Gasteiger partial charge < -0.3 is 10.1 Å². The number of nitriles is 1. The molecule has 0 spiro atoms. The summed E-state index contributed by atoms with van der Waals surface area (Å²) in [5, 5.41) is 14.6. The second-order valence-corrected chi connectivity index (χ2v) is 8.09. The second-order valence-electron chi connectivity index (χ2n) is 7.18. The fraction of sp³-hybridized carbons (Fsp3) is 0.273. The van der Waals surface area contributed by atoms with Gasteiger partial charge in [0, 0.05) is 11.1 Å². The van der Waals surface area contributed by atoms with Crippen molar-refractivity contribution in [2.24, 2.45) is 5.92 Å². The van der Waals surface area contributed by atoms with E-state index >= 15 is 0 Å². The molecule has 1 atom stereocenters. The third-order valence-electron chi connectivity index (χ3n) is 5.08. The largest absolute Gasteiger partial charge is 0.452 e. The molecule has 1 unspecified atom stereocenters. The molecule has 1 amide bonds. The Kier molecular flexibility index (Phi) is 5.28. The van der Waals surface area contributed by atoms with Crippen molar-refractivity contribution >= 4 is 39.1 Å². The van der Waals surface area contributed by atoms with Crippen LogP contribution in [0, 0.1) is 17.2 Å². The van der Waals surface area contributed by atoms with E-state index in [2.05, 4.69) is 12.2 Å². The molecule has 4 rings (SSSR count). The number of carbonyl (C=O) groups excluding carboxylic acids is 2. The van der Waals surface area contributed by atoms with Crippen molar-refractivity contribution in [3.05, 3.63) is 58.1 Å². The fourth-order valence-electron chi connectivity index (χ4n) is 3.66. The van der Waals surface area contributed by atoms with E-state index in [9.17, 15) is 9.59 Å². The summed E-state index contributed by atoms with van der Waals surface area (Å²) in [6.45, 7) is 1.75. The normalized spacial score (nSPS) is 15.4. The van der Waals surface area contributed by atoms with Crippen molar-refractivity contribution in [2.75, 3.05) is 11.9 Å². The van der Waals surface area contributed by atoms with Gasteiger partial charge >= 0.3 is 5.97 Å². The van der Waals surface area contributed by atoms with Crippen LogP contribution in [0.5, 0.6) is 0 Å². The Morgan fingerprint density at radius 1 is 1.34 bits per heavy atom. The van der Waals surface area contributed by atoms with Gasteiger partial charge in [0.25, 0.3) is 5.91 Å². The van der Waals surface area contributed by atoms with Crippen molar-refractivity contribution in [1.82, 2.24) is 4.98 Å². The summed E-state index contributed by atoms with van der Waals surface area (Å²) in [6.07, 6.45) is 2.64. The maximum absolute atomic E-state index is 13.0. The zero-order valence-corrected chi connectivity index (χ0v) is 16.7. The van der Waals surface area contributed by atoms with Gasteiger partial charge in [-0.3, -0.25) is 9.78 Å². The number of amides is 1. The molecule has 1 aromatic carbocycles. The molecule has 0 aliphatic heterocycles. The molecule has 0 saturated heterocycles. The Morgan fingerprint density at radius 3 is 3.00 bits per heavy atom. The molecule has 0 saturated carbocycles. The third-order valence-corrected chi connectivity index (χ3v) is 5.91. The van der Waals surface area contributed by atoms with Gasteiger partial charge in [-0.25, -0.2) is 4.79 Å². The SMILES string of the molecule is CC1CCc2nc3ccccc3c(C(=O)OCC(=O)Nc3sccc3C#N)c2C1. The van der Waals surface area contributed by atoms with E-state index in [1.165, 1.54) is 11.3 Å². The van der Waals surface area contributed by atoms with E-state index in [1.54, 1.807) is 11.4 Å². The Morgan fingerprint density at radius 2 is 2.17 bits per heavy atom. The van der Waals surface area contributed by atoms with E-state index in [0.29, 0.717) is 22.0 Å². The number of anilines is 1. The van der Waals surface area contributed by atoms with Gasteiger partial charge in [-0.1, -0.05) is 25.1 Å². The van der Waals surface area contributed by atoms with Gasteiger partial charge in [0.05, 0.1) is 16.6 Å². The second kappa shape index (κ2) is 8.02. The molecule has 3 aromatic rings. The van der Waals surface area contributed by atoms with Crippen LogP contribution in [0.1, 0.15) is 40.5 Å². The van der Waals surface area contributed by atoms with Crippen molar-refractivity contribution < 1.29 is 14.3 Å². The summed E-state index contributed by atoms with van der Waals surface area (Å²) in [5.74, 6) is -0.530. The molecular formula is C22H19N3O3S. The average Bonchev–Trinajstić information content (AvgIpc) is 3.17. The number of thiophene rings is 1. The van der Waals surface area contributed by atoms with Crippen LogP contribution >= 0.6 is 11.3 Å². The Labute approximate surface area is 172 Å². The molecule has 1 N–H and O–H groups in total. The first-order valence-electron chi connectivity index (χ1n) is 9.42. The van der Waals surface area contributed by atoms with Crippen LogP contribution in [-0.4, -0.2) is 23.5 Å². The zero-order valence-electron chi connectivity index (χ0n) is 15.9. The molecule has 29 heavy (non-hydrogen) atoms. The summed E-state index contributed by atoms with van der Waals surface area (Å²) in [7, 11) is 0. The number of nitrogens with one attached hydrogen (secondary N) is 1. The number of carbonyl (C=O) groups is 2. The number of aromatic nitrogens is 1. The predicted molar refractivity (Wildman–Crippen MR) is 111 cm³/mol. The van der Waals surface area contributed by atoms with Gasteiger partial charge in [-0.15, -0.1) is 11.3 Å². The molecule has 2 aromatic heterocycles. The summed E-state index contributed by atoms with van der Waals surface area (Å²) < 4.78 is 5.36. The van der Waals surface area contributed by atoms with E-state index in [0.717, 1.165) is 41.4 Å². The molecule has 6 nitrogen and oxygen atoms in total. The number of benzene rings is 1. The Hall–Kier alpha value is -3.24. The lowest BCUT2D eigenvalue weighted by Crippen LogP contribution is -2.23. The number of aryl methyl sites for hydroxylation is 1. The lowest BCUT2D eigenvalue weighted by atomic mass is 9.84. The van der Waals surface area contributed by atoms with E-state index in [-0.39, 0.29) is 0 Å². The lowest BCUT2D eigenvalue weighted by Gasteiger charge is -2.24. The maximum atomic E-state index is 13.0. The number of pyridine rings is 1. The van der Waals surface area contributed by atoms with Crippen molar-refractivity contribution in [3.63, 3.8) is 0 Å². The predicted octanol–water partition coefficient (Wildman–Crippen LogP) is 4.09. The fourth-order valence-corrected chi connectivity index (χ4v) is 4.41. The van der Waals surface area contributed by atoms with Crippen LogP contribution in [-0.2, 0) is 22.4 Å². The number of ether oxygens (including phenoxy) is 1. The van der Waals surface area contributed by atoms with Crippen LogP contribution in [0.4, 0.5) is 5.00 Å². The highest BCUT2D eigenvalue weighted by atomic mass is 32.1. The molecule has 1 aliphatic carbocycles. The van der Waals surface area contributed by atoms with Crippen molar-refractivity contribution in [1.29, 1.82) is 5.26 Å². The van der Waals surface area contributed by atoms with Gasteiger partial charge in [-0.2, -0.15) is 5.26 Å². The minimum Gasteiger partial charge on any atom is -0.452 e. The van der Waals surface area contributed by atoms with Crippen LogP contribution < -0.4 is 5.32 Å². The molecule has 146 valence electrons. The van der Waals surface area contributed by atoms with Crippen LogP contribution in [0.15, 0.2) is 35.7 Å². The van der Waals surface area contributed by atoms with Crippen LogP contribution in [0.3, 0.4) is 0 Å². The van der Waals surface area contributed by atoms with E-state index in [4.69, 9.17) is 15.0 Å². The minimum absolute atomic E-state index is 0.387. The number of hydrogen-bond donors (Lipinski definition) is 1. The maximum Gasteiger partial charge on any atom is 0.339 e. The topological polar surface area (TPSA) is 92.1 Å².